The molecule has 25 heavy (non-hydrogen) atoms. The molecule has 1 saturated carbocycles. The SMILES string of the molecule is O=C(NC1CC1)c1nnn(-c2ccccc2)c1CSc1ncccn1. The van der Waals surface area contributed by atoms with Gasteiger partial charge in [-0.15, -0.1) is 5.10 Å². The molecule has 1 N–H and O–H groups in total. The van der Waals surface area contributed by atoms with Crippen LogP contribution in [0.15, 0.2) is 53.9 Å². The minimum absolute atomic E-state index is 0.172. The Kier molecular flexibility index (Phi) is 4.43. The Labute approximate surface area is 148 Å². The van der Waals surface area contributed by atoms with Crippen LogP contribution in [-0.4, -0.2) is 36.9 Å². The number of nitrogens with one attached hydrogen (secondary N) is 1. The molecule has 0 radical (unpaired) electrons. The second kappa shape index (κ2) is 7.02. The molecule has 4 rings (SSSR count). The van der Waals surface area contributed by atoms with Crippen molar-refractivity contribution in [3.05, 3.63) is 60.2 Å². The van der Waals surface area contributed by atoms with E-state index in [4.69, 9.17) is 0 Å². The molecule has 1 aromatic carbocycles. The highest BCUT2D eigenvalue weighted by molar-refractivity contribution is 7.98. The summed E-state index contributed by atoms with van der Waals surface area (Å²) in [5.74, 6) is 0.327. The number of carbonyl (C=O) groups excluding carboxylic acids is 1. The highest BCUT2D eigenvalue weighted by atomic mass is 32.2. The fourth-order valence-electron chi connectivity index (χ4n) is 2.36. The van der Waals surface area contributed by atoms with Crippen molar-refractivity contribution < 1.29 is 4.79 Å². The molecule has 1 fully saturated rings. The number of para-hydroxylation sites is 1. The summed E-state index contributed by atoms with van der Waals surface area (Å²) < 4.78 is 1.71. The second-order valence-corrected chi connectivity index (χ2v) is 6.64. The molecule has 2 aromatic heterocycles. The van der Waals surface area contributed by atoms with Crippen LogP contribution in [0.25, 0.3) is 5.69 Å². The van der Waals surface area contributed by atoms with Crippen molar-refractivity contribution in [2.75, 3.05) is 0 Å². The van der Waals surface area contributed by atoms with E-state index in [-0.39, 0.29) is 11.9 Å². The summed E-state index contributed by atoms with van der Waals surface area (Å²) in [6.07, 6.45) is 5.45. The lowest BCUT2D eigenvalue weighted by Gasteiger charge is -2.08. The molecule has 8 heteroatoms. The van der Waals surface area contributed by atoms with Crippen molar-refractivity contribution in [2.45, 2.75) is 29.8 Å². The van der Waals surface area contributed by atoms with E-state index in [9.17, 15) is 4.79 Å². The number of hydrogen-bond acceptors (Lipinski definition) is 6. The summed E-state index contributed by atoms with van der Waals surface area (Å²) >= 11 is 1.45. The normalized spacial score (nSPS) is 13.6. The van der Waals surface area contributed by atoms with Crippen molar-refractivity contribution in [1.29, 1.82) is 0 Å². The largest absolute Gasteiger partial charge is 0.348 e. The van der Waals surface area contributed by atoms with Gasteiger partial charge in [0.1, 0.15) is 0 Å². The van der Waals surface area contributed by atoms with Gasteiger partial charge in [0.05, 0.1) is 11.4 Å². The zero-order valence-electron chi connectivity index (χ0n) is 13.4. The van der Waals surface area contributed by atoms with Gasteiger partial charge in [-0.25, -0.2) is 14.6 Å². The molecular formula is C17H16N6OS. The number of amides is 1. The van der Waals surface area contributed by atoms with Gasteiger partial charge in [0.15, 0.2) is 10.9 Å². The Balaban J connectivity index is 1.64. The number of thioether (sulfide) groups is 1. The van der Waals surface area contributed by atoms with Gasteiger partial charge < -0.3 is 5.32 Å². The van der Waals surface area contributed by atoms with E-state index in [2.05, 4.69) is 25.6 Å². The zero-order chi connectivity index (χ0) is 17.1. The monoisotopic (exact) mass is 352 g/mol. The maximum absolute atomic E-state index is 12.5. The lowest BCUT2D eigenvalue weighted by Crippen LogP contribution is -2.26. The second-order valence-electron chi connectivity index (χ2n) is 5.70. The summed E-state index contributed by atoms with van der Waals surface area (Å²) in [6.45, 7) is 0. The number of aromatic nitrogens is 5. The van der Waals surface area contributed by atoms with Crippen LogP contribution in [0.3, 0.4) is 0 Å². The lowest BCUT2D eigenvalue weighted by atomic mass is 10.3. The molecule has 0 atom stereocenters. The Bertz CT molecular complexity index is 863. The van der Waals surface area contributed by atoms with Gasteiger partial charge in [-0.2, -0.15) is 0 Å². The van der Waals surface area contributed by atoms with E-state index in [1.165, 1.54) is 11.8 Å². The fraction of sp³-hybridized carbons (Fsp3) is 0.235. The Hall–Kier alpha value is -2.74. The first-order chi connectivity index (χ1) is 12.3. The van der Waals surface area contributed by atoms with Crippen LogP contribution in [0.2, 0.25) is 0 Å². The first-order valence-corrected chi connectivity index (χ1v) is 9.00. The number of benzene rings is 1. The highest BCUT2D eigenvalue weighted by Gasteiger charge is 2.27. The van der Waals surface area contributed by atoms with E-state index in [0.717, 1.165) is 24.2 Å². The van der Waals surface area contributed by atoms with Crippen molar-refractivity contribution in [1.82, 2.24) is 30.3 Å². The van der Waals surface area contributed by atoms with Crippen LogP contribution < -0.4 is 5.32 Å². The topological polar surface area (TPSA) is 85.6 Å². The van der Waals surface area contributed by atoms with Gasteiger partial charge in [-0.3, -0.25) is 4.79 Å². The summed E-state index contributed by atoms with van der Waals surface area (Å²) in [4.78, 5) is 20.9. The van der Waals surface area contributed by atoms with E-state index in [1.807, 2.05) is 30.3 Å². The third kappa shape index (κ3) is 3.69. The average Bonchev–Trinajstić information content (AvgIpc) is 3.37. The highest BCUT2D eigenvalue weighted by Crippen LogP contribution is 2.24. The third-order valence-electron chi connectivity index (χ3n) is 3.77. The summed E-state index contributed by atoms with van der Waals surface area (Å²) in [6, 6.07) is 11.7. The molecule has 2 heterocycles. The van der Waals surface area contributed by atoms with E-state index >= 15 is 0 Å². The molecule has 0 aliphatic heterocycles. The van der Waals surface area contributed by atoms with Crippen LogP contribution in [0, 0.1) is 0 Å². The summed E-state index contributed by atoms with van der Waals surface area (Å²) in [5, 5.41) is 12.0. The van der Waals surface area contributed by atoms with E-state index in [1.54, 1.807) is 23.1 Å². The molecule has 1 aliphatic carbocycles. The molecule has 0 bridgehead atoms. The van der Waals surface area contributed by atoms with Crippen molar-refractivity contribution in [3.8, 4) is 5.69 Å². The molecule has 3 aromatic rings. The van der Waals surface area contributed by atoms with Crippen LogP contribution in [0.1, 0.15) is 29.0 Å². The van der Waals surface area contributed by atoms with Crippen LogP contribution in [-0.2, 0) is 5.75 Å². The Morgan fingerprint density at radius 1 is 1.16 bits per heavy atom. The predicted octanol–water partition coefficient (Wildman–Crippen LogP) is 2.24. The van der Waals surface area contributed by atoms with E-state index in [0.29, 0.717) is 16.6 Å². The maximum Gasteiger partial charge on any atom is 0.274 e. The van der Waals surface area contributed by atoms with Gasteiger partial charge in [0.25, 0.3) is 5.91 Å². The van der Waals surface area contributed by atoms with Crippen LogP contribution >= 0.6 is 11.8 Å². The Morgan fingerprint density at radius 2 is 1.92 bits per heavy atom. The van der Waals surface area contributed by atoms with E-state index < -0.39 is 0 Å². The average molecular weight is 352 g/mol. The van der Waals surface area contributed by atoms with Crippen LogP contribution in [0.5, 0.6) is 0 Å². The minimum Gasteiger partial charge on any atom is -0.348 e. The first kappa shape index (κ1) is 15.8. The zero-order valence-corrected chi connectivity index (χ0v) is 14.2. The molecule has 1 amide bonds. The van der Waals surface area contributed by atoms with Crippen molar-refractivity contribution >= 4 is 17.7 Å². The predicted molar refractivity (Wildman–Crippen MR) is 93.4 cm³/mol. The Morgan fingerprint density at radius 3 is 2.64 bits per heavy atom. The van der Waals surface area contributed by atoms with Gasteiger partial charge in [-0.05, 0) is 31.0 Å². The molecule has 126 valence electrons. The third-order valence-corrected chi connectivity index (χ3v) is 4.66. The smallest absolute Gasteiger partial charge is 0.274 e. The van der Waals surface area contributed by atoms with Gasteiger partial charge in [-0.1, -0.05) is 35.2 Å². The molecule has 0 unspecified atom stereocenters. The first-order valence-electron chi connectivity index (χ1n) is 8.02. The van der Waals surface area contributed by atoms with Gasteiger partial charge >= 0.3 is 0 Å². The van der Waals surface area contributed by atoms with Crippen molar-refractivity contribution in [3.63, 3.8) is 0 Å². The lowest BCUT2D eigenvalue weighted by molar-refractivity contribution is 0.0945. The summed E-state index contributed by atoms with van der Waals surface area (Å²) in [7, 11) is 0. The number of rotatable bonds is 6. The molecule has 1 aliphatic rings. The number of carbonyl (C=O) groups is 1. The number of nitrogens with zero attached hydrogens (tertiary/aromatic N) is 5. The molecular weight excluding hydrogens is 336 g/mol. The van der Waals surface area contributed by atoms with Crippen molar-refractivity contribution in [2.24, 2.45) is 0 Å². The van der Waals surface area contributed by atoms with Gasteiger partial charge in [0, 0.05) is 24.2 Å². The standard InChI is InChI=1S/C17H16N6OS/c24-16(20-12-7-8-12)15-14(11-25-17-18-9-4-10-19-17)23(22-21-15)13-5-2-1-3-6-13/h1-6,9-10,12H,7-8,11H2,(H,20,24). The minimum atomic E-state index is -0.172. The quantitative estimate of drug-likeness (QED) is 0.541. The molecule has 7 nitrogen and oxygen atoms in total. The summed E-state index contributed by atoms with van der Waals surface area (Å²) in [5.41, 5.74) is 1.96. The van der Waals surface area contributed by atoms with Crippen LogP contribution in [0.4, 0.5) is 0 Å². The van der Waals surface area contributed by atoms with Gasteiger partial charge in [0.2, 0.25) is 0 Å². The maximum atomic E-state index is 12.5. The number of hydrogen-bond donors (Lipinski definition) is 1. The molecule has 0 saturated heterocycles. The fourth-order valence-corrected chi connectivity index (χ4v) is 3.15. The molecule has 0 spiro atoms.